The topological polar surface area (TPSA) is 73.9 Å². The zero-order valence-corrected chi connectivity index (χ0v) is 17.5. The van der Waals surface area contributed by atoms with Gasteiger partial charge in [0.15, 0.2) is 17.3 Å². The molecule has 0 radical (unpaired) electrons. The summed E-state index contributed by atoms with van der Waals surface area (Å²) in [5.74, 6) is 0.217. The van der Waals surface area contributed by atoms with Gasteiger partial charge in [-0.1, -0.05) is 15.9 Å². The van der Waals surface area contributed by atoms with Crippen molar-refractivity contribution >= 4 is 33.4 Å². The lowest BCUT2D eigenvalue weighted by atomic mass is 10.1. The van der Waals surface area contributed by atoms with Gasteiger partial charge in [0.05, 0.1) is 31.6 Å². The number of carbonyl (C=O) groups excluding carboxylic acids is 2. The van der Waals surface area contributed by atoms with E-state index >= 15 is 0 Å². The number of anilines is 1. The van der Waals surface area contributed by atoms with Crippen LogP contribution in [0.3, 0.4) is 0 Å². The van der Waals surface area contributed by atoms with Crippen LogP contribution in [0.5, 0.6) is 11.5 Å². The SMILES string of the molecule is CCOc1cc(C(=O)OC)cc(N/C=C/C(=O)c2ccc(Br)cc2)c1OCC. The fraction of sp³-hybridized carbons (Fsp3) is 0.238. The molecule has 0 bridgehead atoms. The first-order valence-corrected chi connectivity index (χ1v) is 9.54. The van der Waals surface area contributed by atoms with Gasteiger partial charge >= 0.3 is 5.97 Å². The van der Waals surface area contributed by atoms with Gasteiger partial charge in [-0.2, -0.15) is 0 Å². The molecule has 0 aromatic heterocycles. The molecular weight excluding hydrogens is 426 g/mol. The Morgan fingerprint density at radius 3 is 2.32 bits per heavy atom. The average Bonchev–Trinajstić information content (AvgIpc) is 2.70. The minimum Gasteiger partial charge on any atom is -0.490 e. The Bertz CT molecular complexity index is 862. The number of benzene rings is 2. The molecule has 0 fully saturated rings. The van der Waals surface area contributed by atoms with Crippen molar-refractivity contribution in [2.45, 2.75) is 13.8 Å². The summed E-state index contributed by atoms with van der Waals surface area (Å²) in [7, 11) is 1.31. The maximum absolute atomic E-state index is 12.3. The van der Waals surface area contributed by atoms with E-state index in [9.17, 15) is 9.59 Å². The van der Waals surface area contributed by atoms with E-state index in [4.69, 9.17) is 14.2 Å². The van der Waals surface area contributed by atoms with E-state index in [-0.39, 0.29) is 5.78 Å². The highest BCUT2D eigenvalue weighted by atomic mass is 79.9. The fourth-order valence-corrected chi connectivity index (χ4v) is 2.68. The van der Waals surface area contributed by atoms with Gasteiger partial charge in [0.1, 0.15) is 0 Å². The summed E-state index contributed by atoms with van der Waals surface area (Å²) in [5.41, 5.74) is 1.36. The quantitative estimate of drug-likeness (QED) is 0.336. The Hall–Kier alpha value is -2.80. The molecule has 2 aromatic rings. The molecular formula is C21H22BrNO5. The summed E-state index contributed by atoms with van der Waals surface area (Å²) < 4.78 is 17.0. The molecule has 6 nitrogen and oxygen atoms in total. The Morgan fingerprint density at radius 2 is 1.71 bits per heavy atom. The average molecular weight is 448 g/mol. The van der Waals surface area contributed by atoms with E-state index in [1.165, 1.54) is 19.4 Å². The molecule has 28 heavy (non-hydrogen) atoms. The highest BCUT2D eigenvalue weighted by Gasteiger charge is 2.17. The lowest BCUT2D eigenvalue weighted by Crippen LogP contribution is -2.07. The summed E-state index contributed by atoms with van der Waals surface area (Å²) in [6.45, 7) is 4.50. The molecule has 0 aliphatic rings. The molecule has 0 unspecified atom stereocenters. The van der Waals surface area contributed by atoms with Crippen LogP contribution < -0.4 is 14.8 Å². The van der Waals surface area contributed by atoms with Crippen LogP contribution in [0.2, 0.25) is 0 Å². The van der Waals surface area contributed by atoms with Crippen molar-refractivity contribution in [3.8, 4) is 11.5 Å². The predicted octanol–water partition coefficient (Wildman–Crippen LogP) is 4.84. The molecule has 0 amide bonds. The molecule has 0 aliphatic carbocycles. The van der Waals surface area contributed by atoms with E-state index in [1.54, 1.807) is 36.4 Å². The molecule has 2 aromatic carbocycles. The van der Waals surface area contributed by atoms with E-state index < -0.39 is 5.97 Å². The second-order valence-electron chi connectivity index (χ2n) is 5.56. The summed E-state index contributed by atoms with van der Waals surface area (Å²) >= 11 is 3.34. The van der Waals surface area contributed by atoms with Crippen molar-refractivity contribution in [1.29, 1.82) is 0 Å². The van der Waals surface area contributed by atoms with E-state index in [1.807, 2.05) is 13.8 Å². The van der Waals surface area contributed by atoms with Crippen LogP contribution in [-0.2, 0) is 4.74 Å². The van der Waals surface area contributed by atoms with Gasteiger partial charge < -0.3 is 19.5 Å². The number of hydrogen-bond acceptors (Lipinski definition) is 6. The second-order valence-corrected chi connectivity index (χ2v) is 6.47. The zero-order valence-electron chi connectivity index (χ0n) is 16.0. The Labute approximate surface area is 172 Å². The number of halogens is 1. The molecule has 0 spiro atoms. The van der Waals surface area contributed by atoms with Crippen molar-refractivity contribution in [3.63, 3.8) is 0 Å². The first-order chi connectivity index (χ1) is 13.5. The highest BCUT2D eigenvalue weighted by Crippen LogP contribution is 2.37. The predicted molar refractivity (Wildman–Crippen MR) is 111 cm³/mol. The number of ketones is 1. The molecule has 2 rings (SSSR count). The number of carbonyl (C=O) groups is 2. The van der Waals surface area contributed by atoms with Crippen LogP contribution >= 0.6 is 15.9 Å². The third kappa shape index (κ3) is 5.60. The molecule has 0 saturated heterocycles. The molecule has 0 heterocycles. The number of nitrogens with one attached hydrogen (secondary N) is 1. The third-order valence-corrected chi connectivity index (χ3v) is 4.20. The fourth-order valence-electron chi connectivity index (χ4n) is 2.42. The van der Waals surface area contributed by atoms with Crippen LogP contribution in [0.25, 0.3) is 0 Å². The molecule has 0 atom stereocenters. The van der Waals surface area contributed by atoms with Crippen molar-refractivity contribution in [2.75, 3.05) is 25.6 Å². The maximum atomic E-state index is 12.3. The lowest BCUT2D eigenvalue weighted by molar-refractivity contribution is 0.0600. The van der Waals surface area contributed by atoms with E-state index in [2.05, 4.69) is 21.2 Å². The van der Waals surface area contributed by atoms with Crippen LogP contribution in [0.1, 0.15) is 34.6 Å². The summed E-state index contributed by atoms with van der Waals surface area (Å²) in [6, 6.07) is 10.2. The molecule has 148 valence electrons. The Balaban J connectivity index is 2.30. The minimum absolute atomic E-state index is 0.160. The standard InChI is InChI=1S/C21H22BrNO5/c1-4-27-19-13-15(21(25)26-3)12-17(20(19)28-5-2)23-11-10-18(24)14-6-8-16(22)9-7-14/h6-13,23H,4-5H2,1-3H3/b11-10+. The number of methoxy groups -OCH3 is 1. The van der Waals surface area contributed by atoms with E-state index in [0.717, 1.165) is 4.47 Å². The minimum atomic E-state index is -0.498. The molecule has 7 heteroatoms. The second kappa shape index (κ2) is 10.5. The lowest BCUT2D eigenvalue weighted by Gasteiger charge is -2.16. The van der Waals surface area contributed by atoms with Crippen molar-refractivity contribution in [1.82, 2.24) is 0 Å². The summed E-state index contributed by atoms with van der Waals surface area (Å²) in [5, 5.41) is 3.00. The van der Waals surface area contributed by atoms with Crippen LogP contribution in [0.4, 0.5) is 5.69 Å². The number of rotatable bonds is 9. The Morgan fingerprint density at radius 1 is 1.04 bits per heavy atom. The number of hydrogen-bond donors (Lipinski definition) is 1. The van der Waals surface area contributed by atoms with Crippen LogP contribution in [0.15, 0.2) is 53.1 Å². The highest BCUT2D eigenvalue weighted by molar-refractivity contribution is 9.10. The first kappa shape index (κ1) is 21.5. The molecule has 0 saturated carbocycles. The first-order valence-electron chi connectivity index (χ1n) is 8.75. The molecule has 1 N–H and O–H groups in total. The normalized spacial score (nSPS) is 10.6. The van der Waals surface area contributed by atoms with Gasteiger partial charge in [-0.05, 0) is 50.2 Å². The smallest absolute Gasteiger partial charge is 0.338 e. The van der Waals surface area contributed by atoms with Gasteiger partial charge in [0.2, 0.25) is 0 Å². The van der Waals surface area contributed by atoms with Crippen LogP contribution in [-0.4, -0.2) is 32.1 Å². The van der Waals surface area contributed by atoms with Crippen molar-refractivity contribution < 1.29 is 23.8 Å². The summed E-state index contributed by atoms with van der Waals surface area (Å²) in [4.78, 5) is 24.2. The zero-order chi connectivity index (χ0) is 20.5. The summed E-state index contributed by atoms with van der Waals surface area (Å²) in [6.07, 6.45) is 2.91. The maximum Gasteiger partial charge on any atom is 0.338 e. The molecule has 0 aliphatic heterocycles. The third-order valence-electron chi connectivity index (χ3n) is 3.67. The van der Waals surface area contributed by atoms with Gasteiger partial charge in [0, 0.05) is 22.3 Å². The van der Waals surface area contributed by atoms with Gasteiger partial charge in [-0.15, -0.1) is 0 Å². The van der Waals surface area contributed by atoms with Crippen LogP contribution in [0, 0.1) is 0 Å². The van der Waals surface area contributed by atoms with E-state index in [0.29, 0.717) is 41.5 Å². The Kier molecular flexibility index (Phi) is 8.07. The van der Waals surface area contributed by atoms with Crippen molar-refractivity contribution in [3.05, 3.63) is 64.3 Å². The van der Waals surface area contributed by atoms with Crippen molar-refractivity contribution in [2.24, 2.45) is 0 Å². The number of ether oxygens (including phenoxy) is 3. The number of esters is 1. The largest absolute Gasteiger partial charge is 0.490 e. The monoisotopic (exact) mass is 447 g/mol. The van der Waals surface area contributed by atoms with Gasteiger partial charge in [-0.25, -0.2) is 4.79 Å². The van der Waals surface area contributed by atoms with Gasteiger partial charge in [0.25, 0.3) is 0 Å². The van der Waals surface area contributed by atoms with Gasteiger partial charge in [-0.3, -0.25) is 4.79 Å². The number of allylic oxidation sites excluding steroid dienone is 1.